The van der Waals surface area contributed by atoms with Crippen LogP contribution >= 0.6 is 0 Å². The Hall–Kier alpha value is -2.61. The number of nitrogens with one attached hydrogen (secondary N) is 2. The van der Waals surface area contributed by atoms with E-state index in [0.717, 1.165) is 16.7 Å². The van der Waals surface area contributed by atoms with Crippen LogP contribution in [-0.2, 0) is 23.2 Å². The Morgan fingerprint density at radius 1 is 1.10 bits per heavy atom. The van der Waals surface area contributed by atoms with Gasteiger partial charge in [0.2, 0.25) is 10.0 Å². The van der Waals surface area contributed by atoms with E-state index in [-0.39, 0.29) is 11.4 Å². The molecule has 1 aromatic heterocycles. The first-order valence-corrected chi connectivity index (χ1v) is 9.92. The van der Waals surface area contributed by atoms with Crippen molar-refractivity contribution >= 4 is 21.6 Å². The first-order chi connectivity index (χ1) is 14.0. The average Bonchev–Trinajstić information content (AvgIpc) is 2.90. The monoisotopic (exact) mass is 475 g/mol. The van der Waals surface area contributed by atoms with Gasteiger partial charge in [-0.2, -0.15) is 26.3 Å². The summed E-state index contributed by atoms with van der Waals surface area (Å²) in [6.07, 6.45) is -11.0. The lowest BCUT2D eigenvalue weighted by Crippen LogP contribution is -2.28. The van der Waals surface area contributed by atoms with E-state index in [1.807, 2.05) is 0 Å². The minimum absolute atomic E-state index is 0.000236. The number of aromatic nitrogens is 1. The fourth-order valence-electron chi connectivity index (χ4n) is 2.58. The maximum atomic E-state index is 13.4. The molecule has 0 radical (unpaired) electrons. The van der Waals surface area contributed by atoms with E-state index in [2.05, 4.69) is 5.32 Å². The lowest BCUT2D eigenvalue weighted by molar-refractivity contribution is -0.140. The molecular weight excluding hydrogens is 459 g/mol. The van der Waals surface area contributed by atoms with E-state index < -0.39 is 63.2 Å². The highest BCUT2D eigenvalue weighted by Crippen LogP contribution is 2.33. The third-order valence-corrected chi connectivity index (χ3v) is 5.82. The molecule has 2 N–H and O–H groups in total. The molecule has 172 valence electrons. The number of sulfonamides is 1. The van der Waals surface area contributed by atoms with Crippen molar-refractivity contribution in [3.05, 3.63) is 47.0 Å². The topological polar surface area (TPSA) is 80.2 Å². The molecule has 2 rings (SSSR count). The fourth-order valence-corrected chi connectivity index (χ4v) is 3.90. The Morgan fingerprint density at radius 2 is 1.71 bits per heavy atom. The largest absolute Gasteiger partial charge is 0.419 e. The summed E-state index contributed by atoms with van der Waals surface area (Å²) in [6, 6.07) is 2.64. The van der Waals surface area contributed by atoms with Crippen LogP contribution in [0.3, 0.4) is 0 Å². The van der Waals surface area contributed by atoms with E-state index in [1.165, 1.54) is 14.0 Å². The van der Waals surface area contributed by atoms with Crippen LogP contribution in [0.5, 0.6) is 0 Å². The highest BCUT2D eigenvalue weighted by Gasteiger charge is 2.34. The molecule has 1 heterocycles. The summed E-state index contributed by atoms with van der Waals surface area (Å²) in [5, 5.41) is 2.10. The molecular formula is C17H16F7N3O3S. The predicted molar refractivity (Wildman–Crippen MR) is 95.4 cm³/mol. The molecule has 31 heavy (non-hydrogen) atoms. The Labute approximate surface area is 172 Å². The lowest BCUT2D eigenvalue weighted by atomic mass is 10.1. The van der Waals surface area contributed by atoms with Crippen LogP contribution < -0.4 is 10.0 Å². The number of hydrogen-bond acceptors (Lipinski definition) is 3. The predicted octanol–water partition coefficient (Wildman–Crippen LogP) is 3.97. The first-order valence-electron chi connectivity index (χ1n) is 8.44. The summed E-state index contributed by atoms with van der Waals surface area (Å²) in [4.78, 5) is 12.0. The van der Waals surface area contributed by atoms with Gasteiger partial charge in [-0.1, -0.05) is 0 Å². The lowest BCUT2D eigenvalue weighted by Gasteiger charge is -2.11. The van der Waals surface area contributed by atoms with Crippen molar-refractivity contribution in [3.8, 4) is 0 Å². The highest BCUT2D eigenvalue weighted by molar-refractivity contribution is 7.89. The molecule has 1 aromatic carbocycles. The quantitative estimate of drug-likeness (QED) is 0.621. The van der Waals surface area contributed by atoms with Crippen LogP contribution in [0.25, 0.3) is 0 Å². The van der Waals surface area contributed by atoms with Gasteiger partial charge < -0.3 is 9.88 Å². The number of carbonyl (C=O) groups excluding carboxylic acids is 1. The zero-order chi connectivity index (χ0) is 23.8. The number of rotatable bonds is 6. The fraction of sp³-hybridized carbons (Fsp3) is 0.353. The Bertz CT molecular complexity index is 1090. The molecule has 0 atom stereocenters. The van der Waals surface area contributed by atoms with Crippen molar-refractivity contribution in [2.45, 2.75) is 30.6 Å². The molecule has 1 amide bonds. The zero-order valence-electron chi connectivity index (χ0n) is 15.9. The molecule has 0 aliphatic carbocycles. The maximum absolute atomic E-state index is 13.4. The van der Waals surface area contributed by atoms with Crippen LogP contribution in [0.2, 0.25) is 0 Å². The third-order valence-electron chi connectivity index (χ3n) is 4.24. The minimum Gasteiger partial charge on any atom is -0.343 e. The van der Waals surface area contributed by atoms with Gasteiger partial charge >= 0.3 is 12.4 Å². The van der Waals surface area contributed by atoms with Crippen molar-refractivity contribution in [1.82, 2.24) is 9.29 Å². The van der Waals surface area contributed by atoms with Gasteiger partial charge in [0.25, 0.3) is 5.91 Å². The number of hydrogen-bond donors (Lipinski definition) is 2. The van der Waals surface area contributed by atoms with Gasteiger partial charge in [-0.25, -0.2) is 17.5 Å². The molecule has 0 aliphatic heterocycles. The number of benzene rings is 1. The number of amides is 1. The molecule has 0 unspecified atom stereocenters. The number of anilines is 1. The normalized spacial score (nSPS) is 12.8. The number of nitrogens with zero attached hydrogens (tertiary/aromatic N) is 1. The third kappa shape index (κ3) is 5.97. The van der Waals surface area contributed by atoms with Gasteiger partial charge in [0, 0.05) is 25.0 Å². The van der Waals surface area contributed by atoms with E-state index in [1.54, 1.807) is 4.72 Å². The zero-order valence-corrected chi connectivity index (χ0v) is 16.8. The molecule has 6 nitrogen and oxygen atoms in total. The van der Waals surface area contributed by atoms with E-state index >= 15 is 0 Å². The minimum atomic E-state index is -5.00. The average molecular weight is 475 g/mol. The summed E-state index contributed by atoms with van der Waals surface area (Å²) in [5.41, 5.74) is -2.30. The van der Waals surface area contributed by atoms with Crippen molar-refractivity contribution in [1.29, 1.82) is 0 Å². The van der Waals surface area contributed by atoms with Crippen LogP contribution in [0.1, 0.15) is 28.2 Å². The first kappa shape index (κ1) is 24.7. The summed E-state index contributed by atoms with van der Waals surface area (Å²) in [5.74, 6) is -2.56. The van der Waals surface area contributed by atoms with Gasteiger partial charge in [0.1, 0.15) is 16.4 Å². The van der Waals surface area contributed by atoms with Crippen molar-refractivity contribution in [2.75, 3.05) is 11.9 Å². The Balaban J connectivity index is 2.28. The maximum Gasteiger partial charge on any atom is 0.419 e. The van der Waals surface area contributed by atoms with Gasteiger partial charge in [-0.3, -0.25) is 4.79 Å². The summed E-state index contributed by atoms with van der Waals surface area (Å²) < 4.78 is 116. The van der Waals surface area contributed by atoms with Crippen molar-refractivity contribution in [2.24, 2.45) is 7.05 Å². The molecule has 0 saturated heterocycles. The second-order valence-corrected chi connectivity index (χ2v) is 8.18. The number of carbonyl (C=O) groups is 1. The molecule has 14 heteroatoms. The van der Waals surface area contributed by atoms with Crippen LogP contribution in [0.15, 0.2) is 29.2 Å². The van der Waals surface area contributed by atoms with Crippen LogP contribution in [0.4, 0.5) is 36.4 Å². The Morgan fingerprint density at radius 3 is 2.26 bits per heavy atom. The molecule has 0 saturated carbocycles. The van der Waals surface area contributed by atoms with Gasteiger partial charge in [-0.15, -0.1) is 0 Å². The highest BCUT2D eigenvalue weighted by atomic mass is 32.2. The van der Waals surface area contributed by atoms with Crippen molar-refractivity contribution < 1.29 is 43.9 Å². The standard InChI is InChI=1S/C17H16F7N3O3S/c1-9-14(31(29,30)25-6-5-16(19,20)21)8-13(27(9)2)15(28)26-10-3-4-12(18)11(7-10)17(22,23)24/h3-4,7-8,25H,5-6H2,1-2H3,(H,26,28). The molecule has 0 aliphatic rings. The smallest absolute Gasteiger partial charge is 0.343 e. The second-order valence-electron chi connectivity index (χ2n) is 6.45. The number of alkyl halides is 6. The van der Waals surface area contributed by atoms with E-state index in [9.17, 15) is 43.9 Å². The SMILES string of the molecule is Cc1c(S(=O)(=O)NCCC(F)(F)F)cc(C(=O)Nc2ccc(F)c(C(F)(F)F)c2)n1C. The molecule has 2 aromatic rings. The van der Waals surface area contributed by atoms with Gasteiger partial charge in [0.05, 0.1) is 12.0 Å². The van der Waals surface area contributed by atoms with E-state index in [4.69, 9.17) is 0 Å². The van der Waals surface area contributed by atoms with Crippen molar-refractivity contribution in [3.63, 3.8) is 0 Å². The summed E-state index contributed by atoms with van der Waals surface area (Å²) >= 11 is 0. The molecule has 0 spiro atoms. The van der Waals surface area contributed by atoms with Crippen LogP contribution in [-0.4, -0.2) is 31.6 Å². The summed E-state index contributed by atoms with van der Waals surface area (Å²) in [7, 11) is -3.12. The van der Waals surface area contributed by atoms with Crippen LogP contribution in [0, 0.1) is 12.7 Å². The number of halogens is 7. The summed E-state index contributed by atoms with van der Waals surface area (Å²) in [6.45, 7) is 0.367. The molecule has 0 fully saturated rings. The molecule has 0 bridgehead atoms. The Kier molecular flexibility index (Phi) is 6.76. The second kappa shape index (κ2) is 8.49. The van der Waals surface area contributed by atoms with Gasteiger partial charge in [-0.05, 0) is 31.2 Å². The van der Waals surface area contributed by atoms with Gasteiger partial charge in [0.15, 0.2) is 0 Å². The van der Waals surface area contributed by atoms with E-state index in [0.29, 0.717) is 12.1 Å².